The fourth-order valence-corrected chi connectivity index (χ4v) is 4.01. The number of pyridine rings is 3. The summed E-state index contributed by atoms with van der Waals surface area (Å²) in [6, 6.07) is 16.6. The van der Waals surface area contributed by atoms with E-state index >= 15 is 0 Å². The van der Waals surface area contributed by atoms with Gasteiger partial charge in [-0.1, -0.05) is 24.3 Å². The third kappa shape index (κ3) is 1.92. The summed E-state index contributed by atoms with van der Waals surface area (Å²) < 4.78 is 2.48. The van der Waals surface area contributed by atoms with E-state index in [-0.39, 0.29) is 0 Å². The molecule has 0 aliphatic rings. The molecule has 0 saturated heterocycles. The van der Waals surface area contributed by atoms with E-state index in [2.05, 4.69) is 45.3 Å². The van der Waals surface area contributed by atoms with Gasteiger partial charge in [-0.2, -0.15) is 0 Å². The van der Waals surface area contributed by atoms with Crippen molar-refractivity contribution in [1.29, 1.82) is 0 Å². The maximum atomic E-state index is 4.63. The van der Waals surface area contributed by atoms with Crippen LogP contribution in [0.25, 0.3) is 42.5 Å². The Morgan fingerprint density at radius 2 is 1.70 bits per heavy atom. The van der Waals surface area contributed by atoms with Crippen LogP contribution in [-0.2, 0) is 0 Å². The Kier molecular flexibility index (Phi) is 2.66. The van der Waals surface area contributed by atoms with Crippen LogP contribution >= 0.6 is 11.3 Å². The highest BCUT2D eigenvalue weighted by Crippen LogP contribution is 2.35. The molecule has 23 heavy (non-hydrogen) atoms. The van der Waals surface area contributed by atoms with Crippen LogP contribution in [0.1, 0.15) is 0 Å². The van der Waals surface area contributed by atoms with Crippen molar-refractivity contribution in [2.75, 3.05) is 0 Å². The number of benzene rings is 1. The van der Waals surface area contributed by atoms with Crippen molar-refractivity contribution in [2.45, 2.75) is 0 Å². The molecule has 0 unspecified atom stereocenters. The molecule has 4 aromatic heterocycles. The standard InChI is InChI=1S/C19H11N3S/c1-2-6-16-13(5-1)14-10-15(22-11-17(14)23-16)19-18-12(7-9-21-19)4-3-8-20-18/h1-11H. The summed E-state index contributed by atoms with van der Waals surface area (Å²) >= 11 is 1.77. The van der Waals surface area contributed by atoms with Gasteiger partial charge in [-0.15, -0.1) is 11.3 Å². The highest BCUT2D eigenvalue weighted by molar-refractivity contribution is 7.25. The summed E-state index contributed by atoms with van der Waals surface area (Å²) in [4.78, 5) is 13.6. The molecule has 5 rings (SSSR count). The lowest BCUT2D eigenvalue weighted by atomic mass is 10.1. The van der Waals surface area contributed by atoms with Crippen LogP contribution in [0.5, 0.6) is 0 Å². The lowest BCUT2D eigenvalue weighted by Crippen LogP contribution is -1.90. The number of thiophene rings is 1. The van der Waals surface area contributed by atoms with E-state index < -0.39 is 0 Å². The first-order chi connectivity index (χ1) is 11.4. The molecule has 5 aromatic rings. The Hall–Kier alpha value is -2.85. The van der Waals surface area contributed by atoms with Crippen molar-refractivity contribution < 1.29 is 0 Å². The first-order valence-corrected chi connectivity index (χ1v) is 8.19. The van der Waals surface area contributed by atoms with Crippen molar-refractivity contribution in [2.24, 2.45) is 0 Å². The fraction of sp³-hybridized carbons (Fsp3) is 0. The summed E-state index contributed by atoms with van der Waals surface area (Å²) in [6.07, 6.45) is 5.56. The Balaban J connectivity index is 1.84. The van der Waals surface area contributed by atoms with Gasteiger partial charge in [-0.3, -0.25) is 15.0 Å². The predicted molar refractivity (Wildman–Crippen MR) is 95.7 cm³/mol. The monoisotopic (exact) mass is 313 g/mol. The zero-order valence-electron chi connectivity index (χ0n) is 12.1. The molecule has 0 radical (unpaired) electrons. The van der Waals surface area contributed by atoms with E-state index in [9.17, 15) is 0 Å². The second-order valence-corrected chi connectivity index (χ2v) is 6.48. The lowest BCUT2D eigenvalue weighted by Gasteiger charge is -2.04. The van der Waals surface area contributed by atoms with Gasteiger partial charge < -0.3 is 0 Å². The number of aromatic nitrogens is 3. The van der Waals surface area contributed by atoms with Crippen LogP contribution in [0, 0.1) is 0 Å². The van der Waals surface area contributed by atoms with Crippen molar-refractivity contribution in [3.8, 4) is 11.4 Å². The lowest BCUT2D eigenvalue weighted by molar-refractivity contribution is 1.26. The molecule has 0 amide bonds. The average molecular weight is 313 g/mol. The second kappa shape index (κ2) is 4.83. The van der Waals surface area contributed by atoms with E-state index in [0.29, 0.717) is 0 Å². The normalized spacial score (nSPS) is 11.5. The van der Waals surface area contributed by atoms with Crippen LogP contribution in [0.15, 0.2) is 67.1 Å². The molecule has 3 nitrogen and oxygen atoms in total. The smallest absolute Gasteiger partial charge is 0.115 e. The Morgan fingerprint density at radius 3 is 2.70 bits per heavy atom. The number of fused-ring (bicyclic) bond motifs is 4. The molecule has 0 aliphatic heterocycles. The average Bonchev–Trinajstić information content (AvgIpc) is 2.99. The summed E-state index contributed by atoms with van der Waals surface area (Å²) in [5.74, 6) is 0. The van der Waals surface area contributed by atoms with Gasteiger partial charge in [0.15, 0.2) is 0 Å². The molecule has 4 heteroatoms. The van der Waals surface area contributed by atoms with Crippen LogP contribution in [0.4, 0.5) is 0 Å². The largest absolute Gasteiger partial charge is 0.254 e. The molecule has 0 bridgehead atoms. The molecular weight excluding hydrogens is 302 g/mol. The SMILES string of the molecule is c1cnc2c(-c3cc4c(cn3)sc3ccccc34)nccc2c1. The van der Waals surface area contributed by atoms with E-state index in [1.807, 2.05) is 30.6 Å². The van der Waals surface area contributed by atoms with Gasteiger partial charge in [0.2, 0.25) is 0 Å². The Labute approximate surface area is 136 Å². The Morgan fingerprint density at radius 1 is 0.739 bits per heavy atom. The maximum Gasteiger partial charge on any atom is 0.115 e. The third-order valence-electron chi connectivity index (χ3n) is 4.03. The van der Waals surface area contributed by atoms with Crippen molar-refractivity contribution in [3.63, 3.8) is 0 Å². The molecule has 0 spiro atoms. The zero-order valence-corrected chi connectivity index (χ0v) is 12.9. The van der Waals surface area contributed by atoms with Crippen molar-refractivity contribution in [1.82, 2.24) is 15.0 Å². The third-order valence-corrected chi connectivity index (χ3v) is 5.15. The molecule has 0 atom stereocenters. The first-order valence-electron chi connectivity index (χ1n) is 7.37. The minimum Gasteiger partial charge on any atom is -0.254 e. The molecule has 0 aliphatic carbocycles. The highest BCUT2D eigenvalue weighted by atomic mass is 32.1. The zero-order chi connectivity index (χ0) is 15.2. The number of rotatable bonds is 1. The van der Waals surface area contributed by atoms with Crippen LogP contribution in [0.2, 0.25) is 0 Å². The molecule has 108 valence electrons. The van der Waals surface area contributed by atoms with Gasteiger partial charge in [0.1, 0.15) is 5.69 Å². The van der Waals surface area contributed by atoms with Gasteiger partial charge in [-0.05, 0) is 24.3 Å². The number of nitrogens with zero attached hydrogens (tertiary/aromatic N) is 3. The van der Waals surface area contributed by atoms with Gasteiger partial charge >= 0.3 is 0 Å². The van der Waals surface area contributed by atoms with Gasteiger partial charge in [0.05, 0.1) is 15.9 Å². The second-order valence-electron chi connectivity index (χ2n) is 5.40. The molecule has 0 saturated carbocycles. The first kappa shape index (κ1) is 12.7. The van der Waals surface area contributed by atoms with Gasteiger partial charge in [-0.25, -0.2) is 0 Å². The van der Waals surface area contributed by atoms with E-state index in [0.717, 1.165) is 22.3 Å². The summed E-state index contributed by atoms with van der Waals surface area (Å²) in [5.41, 5.74) is 2.59. The van der Waals surface area contributed by atoms with Crippen LogP contribution in [-0.4, -0.2) is 15.0 Å². The minimum atomic E-state index is 0.834. The van der Waals surface area contributed by atoms with Crippen LogP contribution < -0.4 is 0 Å². The molecule has 0 N–H and O–H groups in total. The van der Waals surface area contributed by atoms with Gasteiger partial charge in [0.25, 0.3) is 0 Å². The highest BCUT2D eigenvalue weighted by Gasteiger charge is 2.11. The molecule has 1 aromatic carbocycles. The quantitative estimate of drug-likeness (QED) is 0.434. The van der Waals surface area contributed by atoms with Gasteiger partial charge in [0, 0.05) is 39.4 Å². The topological polar surface area (TPSA) is 38.7 Å². The van der Waals surface area contributed by atoms with Crippen molar-refractivity contribution in [3.05, 3.63) is 67.1 Å². The van der Waals surface area contributed by atoms with Crippen molar-refractivity contribution >= 4 is 42.4 Å². The minimum absolute atomic E-state index is 0.834. The van der Waals surface area contributed by atoms with E-state index in [4.69, 9.17) is 0 Å². The number of hydrogen-bond acceptors (Lipinski definition) is 4. The fourth-order valence-electron chi connectivity index (χ4n) is 2.95. The number of hydrogen-bond donors (Lipinski definition) is 0. The van der Waals surface area contributed by atoms with Crippen LogP contribution in [0.3, 0.4) is 0 Å². The molecule has 0 fully saturated rings. The van der Waals surface area contributed by atoms with E-state index in [1.165, 1.54) is 20.2 Å². The molecular formula is C19H11N3S. The predicted octanol–water partition coefficient (Wildman–Crippen LogP) is 5.06. The summed E-state index contributed by atoms with van der Waals surface area (Å²) in [5, 5.41) is 3.57. The van der Waals surface area contributed by atoms with E-state index in [1.54, 1.807) is 17.5 Å². The summed E-state index contributed by atoms with van der Waals surface area (Å²) in [6.45, 7) is 0. The maximum absolute atomic E-state index is 4.63. The Bertz CT molecular complexity index is 1170. The molecule has 4 heterocycles. The summed E-state index contributed by atoms with van der Waals surface area (Å²) in [7, 11) is 0.